The van der Waals surface area contributed by atoms with Crippen LogP contribution in [0.25, 0.3) is 11.4 Å². The van der Waals surface area contributed by atoms with Crippen LogP contribution in [0.1, 0.15) is 19.3 Å². The van der Waals surface area contributed by atoms with Crippen molar-refractivity contribution in [2.75, 3.05) is 18.4 Å². The van der Waals surface area contributed by atoms with E-state index in [1.807, 2.05) is 16.8 Å². The van der Waals surface area contributed by atoms with Gasteiger partial charge in [-0.15, -0.1) is 6.42 Å². The van der Waals surface area contributed by atoms with Crippen LogP contribution in [0.5, 0.6) is 0 Å². The van der Waals surface area contributed by atoms with Crippen LogP contribution in [0, 0.1) is 12.3 Å². The maximum atomic E-state index is 12.5. The Bertz CT molecular complexity index is 674. The first-order valence-corrected chi connectivity index (χ1v) is 8.84. The molecule has 7 heteroatoms. The lowest BCUT2D eigenvalue weighted by Crippen LogP contribution is -2.47. The van der Waals surface area contributed by atoms with E-state index in [2.05, 4.69) is 25.5 Å². The van der Waals surface area contributed by atoms with Crippen LogP contribution < -0.4 is 5.32 Å². The van der Waals surface area contributed by atoms with Crippen LogP contribution in [0.3, 0.4) is 0 Å². The molecule has 1 N–H and O–H groups in total. The maximum Gasteiger partial charge on any atom is 0.243 e. The average Bonchev–Trinajstić information content (AvgIpc) is 3.19. The number of amides is 1. The fourth-order valence-electron chi connectivity index (χ4n) is 2.57. The fraction of sp³-hybridized carbons (Fsp3) is 0.400. The molecule has 1 amide bonds. The molecule has 2 aromatic rings. The smallest absolute Gasteiger partial charge is 0.243 e. The van der Waals surface area contributed by atoms with Gasteiger partial charge in [0.1, 0.15) is 0 Å². The molecule has 1 aliphatic rings. The average molecular weight is 332 g/mol. The molecule has 0 bridgehead atoms. The summed E-state index contributed by atoms with van der Waals surface area (Å²) in [4.78, 5) is 18.9. The minimum atomic E-state index is -0.168. The molecule has 0 saturated carbocycles. The summed E-state index contributed by atoms with van der Waals surface area (Å²) in [6, 6.07) is 1.80. The summed E-state index contributed by atoms with van der Waals surface area (Å²) >= 11 is 2.81. The predicted molar refractivity (Wildman–Crippen MR) is 89.9 cm³/mol. The van der Waals surface area contributed by atoms with Crippen LogP contribution in [0.4, 0.5) is 5.13 Å². The van der Waals surface area contributed by atoms with Gasteiger partial charge in [0.05, 0.1) is 12.6 Å². The lowest BCUT2D eigenvalue weighted by atomic mass is 10.0. The summed E-state index contributed by atoms with van der Waals surface area (Å²) in [6.45, 7) is 1.38. The van der Waals surface area contributed by atoms with Crippen LogP contribution in [0.15, 0.2) is 16.8 Å². The Morgan fingerprint density at radius 2 is 2.45 bits per heavy atom. The number of hydrogen-bond donors (Lipinski definition) is 1. The minimum Gasteiger partial charge on any atom is -0.299 e. The van der Waals surface area contributed by atoms with Crippen LogP contribution in [0.2, 0.25) is 0 Å². The number of likely N-dealkylation sites (tertiary alicyclic amines) is 1. The van der Waals surface area contributed by atoms with Gasteiger partial charge in [-0.1, -0.05) is 12.3 Å². The molecule has 0 aromatic carbocycles. The molecule has 1 atom stereocenters. The number of rotatable bonds is 4. The van der Waals surface area contributed by atoms with Crippen molar-refractivity contribution in [3.8, 4) is 23.7 Å². The van der Waals surface area contributed by atoms with Crippen molar-refractivity contribution in [2.24, 2.45) is 0 Å². The largest absolute Gasteiger partial charge is 0.299 e. The number of piperidine rings is 1. The molecule has 3 heterocycles. The van der Waals surface area contributed by atoms with Crippen LogP contribution in [-0.2, 0) is 4.79 Å². The zero-order valence-electron chi connectivity index (χ0n) is 12.0. The van der Waals surface area contributed by atoms with E-state index in [9.17, 15) is 4.79 Å². The number of thiophene rings is 1. The summed E-state index contributed by atoms with van der Waals surface area (Å²) in [5.41, 5.74) is 0.980. The molecule has 0 radical (unpaired) electrons. The van der Waals surface area contributed by atoms with Gasteiger partial charge in [-0.05, 0) is 30.8 Å². The SMILES string of the molecule is C#CCN1CCCC[C@@H]1C(=O)Nc1nc(-c2ccsc2)ns1. The number of terminal acetylenes is 1. The van der Waals surface area contributed by atoms with E-state index in [0.29, 0.717) is 17.5 Å². The van der Waals surface area contributed by atoms with E-state index >= 15 is 0 Å². The molecule has 5 nitrogen and oxygen atoms in total. The molecule has 0 aliphatic carbocycles. The molecule has 0 unspecified atom stereocenters. The first-order valence-electron chi connectivity index (χ1n) is 7.12. The Kier molecular flexibility index (Phi) is 4.83. The standard InChI is InChI=1S/C15H16N4OS2/c1-2-7-19-8-4-3-5-12(19)14(20)17-15-16-13(18-22-15)11-6-9-21-10-11/h1,6,9-10,12H,3-5,7-8H2,(H,16,17,18,20)/t12-/m1/s1. The lowest BCUT2D eigenvalue weighted by molar-refractivity contribution is -0.122. The number of carbonyl (C=O) groups excluding carboxylic acids is 1. The molecule has 114 valence electrons. The molecule has 1 aliphatic heterocycles. The predicted octanol–water partition coefficient (Wildman–Crippen LogP) is 2.69. The Hall–Kier alpha value is -1.75. The minimum absolute atomic E-state index is 0.0389. The van der Waals surface area contributed by atoms with Crippen molar-refractivity contribution < 1.29 is 4.79 Å². The van der Waals surface area contributed by atoms with Gasteiger partial charge in [0.25, 0.3) is 0 Å². The van der Waals surface area contributed by atoms with Gasteiger partial charge >= 0.3 is 0 Å². The summed E-state index contributed by atoms with van der Waals surface area (Å²) in [5.74, 6) is 3.25. The highest BCUT2D eigenvalue weighted by atomic mass is 32.1. The molecule has 1 saturated heterocycles. The quantitative estimate of drug-likeness (QED) is 0.875. The van der Waals surface area contributed by atoms with Gasteiger partial charge in [-0.2, -0.15) is 20.7 Å². The van der Waals surface area contributed by atoms with E-state index in [1.54, 1.807) is 11.3 Å². The number of anilines is 1. The first-order chi connectivity index (χ1) is 10.8. The lowest BCUT2D eigenvalue weighted by Gasteiger charge is -2.32. The number of nitrogens with one attached hydrogen (secondary N) is 1. The van der Waals surface area contributed by atoms with Crippen molar-refractivity contribution in [2.45, 2.75) is 25.3 Å². The van der Waals surface area contributed by atoms with E-state index < -0.39 is 0 Å². The van der Waals surface area contributed by atoms with Crippen molar-refractivity contribution >= 4 is 33.9 Å². The summed E-state index contributed by atoms with van der Waals surface area (Å²) in [7, 11) is 0. The Balaban J connectivity index is 1.67. The molecule has 22 heavy (non-hydrogen) atoms. The highest BCUT2D eigenvalue weighted by molar-refractivity contribution is 7.10. The number of aromatic nitrogens is 2. The molecule has 3 rings (SSSR count). The second kappa shape index (κ2) is 7.01. The van der Waals surface area contributed by atoms with Crippen molar-refractivity contribution in [1.82, 2.24) is 14.3 Å². The summed E-state index contributed by atoms with van der Waals surface area (Å²) in [6.07, 6.45) is 8.37. The van der Waals surface area contributed by atoms with Crippen molar-refractivity contribution in [1.29, 1.82) is 0 Å². The maximum absolute atomic E-state index is 12.5. The summed E-state index contributed by atoms with van der Waals surface area (Å²) in [5, 5.41) is 7.39. The van der Waals surface area contributed by atoms with E-state index in [1.165, 1.54) is 11.5 Å². The Morgan fingerprint density at radius 3 is 3.23 bits per heavy atom. The highest BCUT2D eigenvalue weighted by Crippen LogP contribution is 2.24. The van der Waals surface area contributed by atoms with Crippen LogP contribution >= 0.6 is 22.9 Å². The van der Waals surface area contributed by atoms with Gasteiger partial charge < -0.3 is 0 Å². The van der Waals surface area contributed by atoms with Gasteiger partial charge in [-0.3, -0.25) is 15.0 Å². The third-order valence-corrected chi connectivity index (χ3v) is 4.96. The zero-order valence-corrected chi connectivity index (χ0v) is 13.6. The second-order valence-corrected chi connectivity index (χ2v) is 6.64. The van der Waals surface area contributed by atoms with Crippen molar-refractivity contribution in [3.63, 3.8) is 0 Å². The molecule has 0 spiro atoms. The number of carbonyl (C=O) groups is 1. The van der Waals surface area contributed by atoms with Gasteiger partial charge in [-0.25, -0.2) is 0 Å². The van der Waals surface area contributed by atoms with Gasteiger partial charge in [0, 0.05) is 22.5 Å². The second-order valence-electron chi connectivity index (χ2n) is 5.11. The van der Waals surface area contributed by atoms with E-state index in [4.69, 9.17) is 6.42 Å². The fourth-order valence-corrected chi connectivity index (χ4v) is 3.79. The zero-order chi connectivity index (χ0) is 15.4. The third-order valence-electron chi connectivity index (χ3n) is 3.65. The number of nitrogens with zero attached hydrogens (tertiary/aromatic N) is 3. The van der Waals surface area contributed by atoms with Crippen LogP contribution in [-0.4, -0.2) is 39.3 Å². The molecule has 2 aromatic heterocycles. The molecular weight excluding hydrogens is 316 g/mol. The first kappa shape index (κ1) is 15.2. The Morgan fingerprint density at radius 1 is 1.55 bits per heavy atom. The topological polar surface area (TPSA) is 58.1 Å². The highest BCUT2D eigenvalue weighted by Gasteiger charge is 2.28. The van der Waals surface area contributed by atoms with E-state index in [-0.39, 0.29) is 11.9 Å². The summed E-state index contributed by atoms with van der Waals surface area (Å²) < 4.78 is 4.29. The van der Waals surface area contributed by atoms with Crippen molar-refractivity contribution in [3.05, 3.63) is 16.8 Å². The van der Waals surface area contributed by atoms with Gasteiger partial charge in [0.2, 0.25) is 11.0 Å². The molecule has 1 fully saturated rings. The van der Waals surface area contributed by atoms with E-state index in [0.717, 1.165) is 31.4 Å². The number of hydrogen-bond acceptors (Lipinski definition) is 6. The third kappa shape index (κ3) is 3.35. The van der Waals surface area contributed by atoms with Gasteiger partial charge in [0.15, 0.2) is 5.82 Å². The normalized spacial score (nSPS) is 18.8. The Labute approximate surface area is 137 Å². The molecular formula is C15H16N4OS2. The monoisotopic (exact) mass is 332 g/mol.